The molecule has 0 fully saturated rings. The number of nitrogens with zero attached hydrogens (tertiary/aromatic N) is 2. The van der Waals surface area contributed by atoms with E-state index in [1.807, 2.05) is 39.8 Å². The molecule has 0 N–H and O–H groups in total. The Morgan fingerprint density at radius 1 is 0.582 bits per heavy atom. The van der Waals surface area contributed by atoms with E-state index in [1.165, 1.54) is 21.9 Å². The fourth-order valence-electron chi connectivity index (χ4n) is 7.61. The summed E-state index contributed by atoms with van der Waals surface area (Å²) in [6, 6.07) is 18.6. The molecule has 4 nitrogen and oxygen atoms in total. The molecule has 0 unspecified atom stereocenters. The van der Waals surface area contributed by atoms with Crippen LogP contribution in [-0.2, 0) is 16.6 Å². The summed E-state index contributed by atoms with van der Waals surface area (Å²) in [6.45, 7) is 7.99. The standard InChI is InChI=1S/2C18H18F2NO.2C5H5.Ti/c2*1-3-4-11-21(17-10-9-15(19)12-16(17)20)18(22)14-7-5-13(2)6-8-14;2*1-2-4-5-3-1;/h2*5-10H,3-4,11H2,1-2H3;2*1-3H,4H2;. The van der Waals surface area contributed by atoms with Crippen LogP contribution in [0.25, 0.3) is 0 Å². The zero-order valence-corrected chi connectivity index (χ0v) is 33.3. The maximum absolute atomic E-state index is 17.9. The van der Waals surface area contributed by atoms with Gasteiger partial charge in [-0.15, -0.1) is 0 Å². The second-order valence-electron chi connectivity index (χ2n) is 14.3. The van der Waals surface area contributed by atoms with Crippen molar-refractivity contribution in [3.8, 4) is 0 Å². The van der Waals surface area contributed by atoms with Gasteiger partial charge in [0.1, 0.15) is 0 Å². The van der Waals surface area contributed by atoms with Crippen molar-refractivity contribution in [1.82, 2.24) is 0 Å². The number of carbonyl (C=O) groups is 2. The van der Waals surface area contributed by atoms with Gasteiger partial charge in [0, 0.05) is 0 Å². The number of hydrogen-bond donors (Lipinski definition) is 0. The molecule has 55 heavy (non-hydrogen) atoms. The Balaban J connectivity index is 1.64. The van der Waals surface area contributed by atoms with Crippen LogP contribution in [0.4, 0.5) is 28.9 Å². The van der Waals surface area contributed by atoms with Gasteiger partial charge in [-0.1, -0.05) is 0 Å². The molecule has 2 aliphatic rings. The van der Waals surface area contributed by atoms with E-state index in [-0.39, 0.29) is 37.3 Å². The van der Waals surface area contributed by atoms with E-state index in [1.54, 1.807) is 72.8 Å². The Labute approximate surface area is 324 Å². The third-order valence-corrected chi connectivity index (χ3v) is 18.5. The van der Waals surface area contributed by atoms with Crippen LogP contribution < -0.4 is 17.5 Å². The molecule has 0 saturated heterocycles. The third-order valence-electron chi connectivity index (χ3n) is 10.5. The summed E-state index contributed by atoms with van der Waals surface area (Å²) in [6.07, 6.45) is 13.5. The van der Waals surface area contributed by atoms with E-state index in [2.05, 4.69) is 0 Å². The fraction of sp³-hybridized carbons (Fsp3) is 0.261. The van der Waals surface area contributed by atoms with Crippen LogP contribution in [0, 0.1) is 37.1 Å². The van der Waals surface area contributed by atoms with Gasteiger partial charge >= 0.3 is 326 Å². The van der Waals surface area contributed by atoms with E-state index in [4.69, 9.17) is 0 Å². The Kier molecular flexibility index (Phi) is 12.6. The number of halogens is 4. The molecule has 0 bridgehead atoms. The number of hydrogen-bond acceptors (Lipinski definition) is 2. The molecule has 0 atom stereocenters. The van der Waals surface area contributed by atoms with Crippen LogP contribution in [0.15, 0.2) is 117 Å². The first-order valence-electron chi connectivity index (χ1n) is 19.0. The monoisotopic (exact) mass is 782 g/mol. The first-order valence-corrected chi connectivity index (χ1v) is 22.1. The van der Waals surface area contributed by atoms with E-state index in [0.717, 1.165) is 23.3 Å². The van der Waals surface area contributed by atoms with Gasteiger partial charge in [0.25, 0.3) is 0 Å². The molecule has 0 aromatic heterocycles. The van der Waals surface area contributed by atoms with Gasteiger partial charge in [-0.3, -0.25) is 0 Å². The molecule has 4 aromatic rings. The molecule has 9 heteroatoms. The minimum absolute atomic E-state index is 0.144. The third kappa shape index (κ3) is 7.72. The molecule has 0 aliphatic heterocycles. The zero-order chi connectivity index (χ0) is 39.3. The molecule has 2 aliphatic carbocycles. The average Bonchev–Trinajstić information content (AvgIpc) is 3.93. The van der Waals surface area contributed by atoms with Crippen LogP contribution in [0.5, 0.6) is 0 Å². The van der Waals surface area contributed by atoms with Gasteiger partial charge in [-0.05, 0) is 0 Å². The summed E-state index contributed by atoms with van der Waals surface area (Å²) in [5.74, 6) is -4.84. The van der Waals surface area contributed by atoms with Crippen molar-refractivity contribution in [3.63, 3.8) is 0 Å². The Bertz CT molecular complexity index is 2050. The van der Waals surface area contributed by atoms with Gasteiger partial charge in [-0.25, -0.2) is 0 Å². The first-order chi connectivity index (χ1) is 26.5. The van der Waals surface area contributed by atoms with E-state index >= 15 is 17.6 Å². The topological polar surface area (TPSA) is 40.6 Å². The SMILES string of the molecule is CCCCN(C(=O)c1ccc(C)cc1)c1ccc(F)[c]([Ti]([C]2=CC=CC2)([C]2=CC=CC2)[c]2c(F)ccc(N(CCCC)C(=O)c3ccc(C)cc3)c2F)c1F. The number of carbonyl (C=O) groups excluding carboxylic acids is 2. The van der Waals surface area contributed by atoms with Crippen molar-refractivity contribution in [2.75, 3.05) is 22.9 Å². The number of benzene rings is 4. The fourth-order valence-corrected chi connectivity index (χ4v) is 15.9. The van der Waals surface area contributed by atoms with Crippen LogP contribution in [0.2, 0.25) is 0 Å². The van der Waals surface area contributed by atoms with Crippen LogP contribution >= 0.6 is 0 Å². The van der Waals surface area contributed by atoms with Crippen molar-refractivity contribution in [1.29, 1.82) is 0 Å². The Hall–Kier alpha value is -4.79. The summed E-state index contributed by atoms with van der Waals surface area (Å²) < 4.78 is 70.0. The minimum atomic E-state index is -5.32. The van der Waals surface area contributed by atoms with Crippen molar-refractivity contribution >= 4 is 30.9 Å². The van der Waals surface area contributed by atoms with Gasteiger partial charge < -0.3 is 0 Å². The molecule has 2 amide bonds. The van der Waals surface area contributed by atoms with E-state index in [9.17, 15) is 9.59 Å². The number of anilines is 2. The average molecular weight is 783 g/mol. The van der Waals surface area contributed by atoms with E-state index in [0.29, 0.717) is 44.6 Å². The molecule has 6 rings (SSSR count). The van der Waals surface area contributed by atoms with E-state index < -0.39 is 59.4 Å². The predicted molar refractivity (Wildman–Crippen MR) is 211 cm³/mol. The van der Waals surface area contributed by atoms with Crippen molar-refractivity contribution in [3.05, 3.63) is 163 Å². The van der Waals surface area contributed by atoms with Crippen molar-refractivity contribution in [2.24, 2.45) is 0 Å². The number of amides is 2. The maximum atomic E-state index is 17.9. The van der Waals surface area contributed by atoms with Gasteiger partial charge in [-0.2, -0.15) is 0 Å². The predicted octanol–water partition coefficient (Wildman–Crippen LogP) is 10.5. The number of allylic oxidation sites excluding steroid dienone is 8. The normalized spacial score (nSPS) is 13.6. The van der Waals surface area contributed by atoms with Crippen LogP contribution in [0.1, 0.15) is 84.2 Å². The molecular formula is C46H46F4N2O2Ti. The summed E-state index contributed by atoms with van der Waals surface area (Å²) in [4.78, 5) is 30.9. The van der Waals surface area contributed by atoms with Crippen LogP contribution in [-0.4, -0.2) is 24.9 Å². The van der Waals surface area contributed by atoms with Gasteiger partial charge in [0.05, 0.1) is 0 Å². The van der Waals surface area contributed by atoms with Gasteiger partial charge in [0.15, 0.2) is 0 Å². The zero-order valence-electron chi connectivity index (χ0n) is 31.8. The molecule has 0 radical (unpaired) electrons. The second-order valence-corrected chi connectivity index (χ2v) is 20.2. The molecular weight excluding hydrogens is 736 g/mol. The number of rotatable bonds is 14. The molecule has 0 saturated carbocycles. The molecule has 0 spiro atoms. The van der Waals surface area contributed by atoms with Crippen molar-refractivity contribution in [2.45, 2.75) is 66.2 Å². The quantitative estimate of drug-likeness (QED) is 0.0944. The molecule has 0 heterocycles. The first kappa shape index (κ1) is 39.9. The Morgan fingerprint density at radius 3 is 1.29 bits per heavy atom. The van der Waals surface area contributed by atoms with Gasteiger partial charge in [0.2, 0.25) is 0 Å². The summed E-state index contributed by atoms with van der Waals surface area (Å²) >= 11 is -5.32. The van der Waals surface area contributed by atoms with Crippen LogP contribution in [0.3, 0.4) is 0 Å². The molecule has 4 aromatic carbocycles. The summed E-state index contributed by atoms with van der Waals surface area (Å²) in [5, 5.41) is 0. The second kappa shape index (κ2) is 17.3. The Morgan fingerprint density at radius 2 is 0.964 bits per heavy atom. The molecule has 284 valence electrons. The number of unbranched alkanes of at least 4 members (excludes halogenated alkanes) is 2. The summed E-state index contributed by atoms with van der Waals surface area (Å²) in [7, 11) is 0. The van der Waals surface area contributed by atoms with Crippen molar-refractivity contribution < 1.29 is 43.7 Å². The number of aryl methyl sites for hydroxylation is 2. The summed E-state index contributed by atoms with van der Waals surface area (Å²) in [5.41, 5.74) is 2.25.